The van der Waals surface area contributed by atoms with E-state index in [0.717, 1.165) is 5.56 Å². The standard InChI is InChI=1S/C17H24N2O4S/c1-17(2,3)23-16(21)19-13(15(18)24)9-10-14(20)22-11-12-7-5-4-6-8-12/h4-8,13H,9-11H2,1-3H3,(H2,18,24)(H,19,21)/t13-/m0/s1. The van der Waals surface area contributed by atoms with Gasteiger partial charge in [0.05, 0.1) is 11.0 Å². The zero-order valence-electron chi connectivity index (χ0n) is 14.2. The topological polar surface area (TPSA) is 90.6 Å². The number of benzene rings is 1. The molecule has 0 saturated heterocycles. The first-order chi connectivity index (χ1) is 11.2. The zero-order chi connectivity index (χ0) is 18.2. The van der Waals surface area contributed by atoms with Crippen LogP contribution >= 0.6 is 12.2 Å². The molecule has 0 saturated carbocycles. The SMILES string of the molecule is CC(C)(C)OC(=O)N[C@@H](CCC(=O)OCc1ccccc1)C(N)=S. The van der Waals surface area contributed by atoms with Gasteiger partial charge < -0.3 is 20.5 Å². The number of rotatable bonds is 7. The van der Waals surface area contributed by atoms with Crippen LogP contribution in [0.3, 0.4) is 0 Å². The molecule has 0 aliphatic rings. The van der Waals surface area contributed by atoms with Crippen molar-refractivity contribution in [3.05, 3.63) is 35.9 Å². The minimum absolute atomic E-state index is 0.0879. The maximum atomic E-state index is 11.8. The molecule has 6 nitrogen and oxygen atoms in total. The fraction of sp³-hybridized carbons (Fsp3) is 0.471. The van der Waals surface area contributed by atoms with E-state index in [0.29, 0.717) is 0 Å². The summed E-state index contributed by atoms with van der Waals surface area (Å²) in [6.45, 7) is 5.47. The van der Waals surface area contributed by atoms with Crippen LogP contribution in [0.1, 0.15) is 39.2 Å². The maximum absolute atomic E-state index is 11.8. The normalized spacial score (nSPS) is 12.1. The van der Waals surface area contributed by atoms with Gasteiger partial charge in [0.15, 0.2) is 0 Å². The number of nitrogens with two attached hydrogens (primary N) is 1. The van der Waals surface area contributed by atoms with Gasteiger partial charge in [-0.05, 0) is 32.8 Å². The van der Waals surface area contributed by atoms with Crippen molar-refractivity contribution in [1.82, 2.24) is 5.32 Å². The Labute approximate surface area is 147 Å². The molecule has 0 aliphatic heterocycles. The molecule has 0 radical (unpaired) electrons. The van der Waals surface area contributed by atoms with Crippen LogP contribution in [0.5, 0.6) is 0 Å². The average Bonchev–Trinajstić information content (AvgIpc) is 2.48. The molecule has 1 aromatic carbocycles. The third kappa shape index (κ3) is 8.47. The van der Waals surface area contributed by atoms with Crippen LogP contribution in [0.25, 0.3) is 0 Å². The first kappa shape index (κ1) is 19.9. The zero-order valence-corrected chi connectivity index (χ0v) is 15.0. The van der Waals surface area contributed by atoms with Gasteiger partial charge in [-0.1, -0.05) is 42.5 Å². The first-order valence-electron chi connectivity index (χ1n) is 7.66. The minimum Gasteiger partial charge on any atom is -0.461 e. The molecule has 1 amide bonds. The minimum atomic E-state index is -0.627. The molecule has 0 fully saturated rings. The highest BCUT2D eigenvalue weighted by Gasteiger charge is 2.21. The molecule has 0 aromatic heterocycles. The van der Waals surface area contributed by atoms with Gasteiger partial charge in [-0.3, -0.25) is 4.79 Å². The van der Waals surface area contributed by atoms with Gasteiger partial charge >= 0.3 is 12.1 Å². The van der Waals surface area contributed by atoms with Crippen LogP contribution in [0.15, 0.2) is 30.3 Å². The summed E-state index contributed by atoms with van der Waals surface area (Å²) < 4.78 is 10.3. The Hall–Kier alpha value is -2.15. The number of hydrogen-bond donors (Lipinski definition) is 2. The van der Waals surface area contributed by atoms with Crippen molar-refractivity contribution in [3.63, 3.8) is 0 Å². The van der Waals surface area contributed by atoms with Crippen LogP contribution in [0, 0.1) is 0 Å². The Morgan fingerprint density at radius 3 is 2.42 bits per heavy atom. The maximum Gasteiger partial charge on any atom is 0.408 e. The molecule has 7 heteroatoms. The lowest BCUT2D eigenvalue weighted by molar-refractivity contribution is -0.145. The number of carbonyl (C=O) groups is 2. The molecular weight excluding hydrogens is 328 g/mol. The first-order valence-corrected chi connectivity index (χ1v) is 8.06. The van der Waals surface area contributed by atoms with Gasteiger partial charge in [0.2, 0.25) is 0 Å². The molecule has 3 N–H and O–H groups in total. The summed E-state index contributed by atoms with van der Waals surface area (Å²) in [5.74, 6) is -0.383. The van der Waals surface area contributed by atoms with E-state index in [1.54, 1.807) is 20.8 Å². The number of amides is 1. The van der Waals surface area contributed by atoms with Crippen molar-refractivity contribution in [2.24, 2.45) is 5.73 Å². The second kappa shape index (κ2) is 9.22. The third-order valence-electron chi connectivity index (χ3n) is 2.91. The molecule has 24 heavy (non-hydrogen) atoms. The Balaban J connectivity index is 2.41. The van der Waals surface area contributed by atoms with E-state index in [1.165, 1.54) is 0 Å². The summed E-state index contributed by atoms with van der Waals surface area (Å²) in [4.78, 5) is 23.7. The fourth-order valence-corrected chi connectivity index (χ4v) is 1.98. The van der Waals surface area contributed by atoms with Crippen LogP contribution in [0.4, 0.5) is 4.79 Å². The summed E-state index contributed by atoms with van der Waals surface area (Å²) >= 11 is 4.93. The van der Waals surface area contributed by atoms with Crippen molar-refractivity contribution in [2.45, 2.75) is 51.9 Å². The van der Waals surface area contributed by atoms with E-state index in [1.807, 2.05) is 30.3 Å². The average molecular weight is 352 g/mol. The molecule has 132 valence electrons. The molecule has 0 bridgehead atoms. The molecule has 1 aromatic rings. The number of hydrogen-bond acceptors (Lipinski definition) is 5. The fourth-order valence-electron chi connectivity index (χ4n) is 1.81. The van der Waals surface area contributed by atoms with Crippen molar-refractivity contribution < 1.29 is 19.1 Å². The Kier molecular flexibility index (Phi) is 7.64. The van der Waals surface area contributed by atoms with Gasteiger partial charge in [-0.2, -0.15) is 0 Å². The molecular formula is C17H24N2O4S. The van der Waals surface area contributed by atoms with E-state index < -0.39 is 17.7 Å². The van der Waals surface area contributed by atoms with Gasteiger partial charge in [-0.15, -0.1) is 0 Å². The second-order valence-electron chi connectivity index (χ2n) is 6.29. The number of nitrogens with one attached hydrogen (secondary N) is 1. The van der Waals surface area contributed by atoms with Crippen LogP contribution in [-0.4, -0.2) is 28.7 Å². The Bertz CT molecular complexity index is 570. The number of thiocarbonyl (C=S) groups is 1. The largest absolute Gasteiger partial charge is 0.461 e. The lowest BCUT2D eigenvalue weighted by Gasteiger charge is -2.23. The van der Waals surface area contributed by atoms with Crippen molar-refractivity contribution in [1.29, 1.82) is 0 Å². The lowest BCUT2D eigenvalue weighted by atomic mass is 10.1. The third-order valence-corrected chi connectivity index (χ3v) is 3.20. The molecule has 0 spiro atoms. The lowest BCUT2D eigenvalue weighted by Crippen LogP contribution is -2.45. The number of carbonyl (C=O) groups excluding carboxylic acids is 2. The number of esters is 1. The van der Waals surface area contributed by atoms with Crippen LogP contribution in [0.2, 0.25) is 0 Å². The highest BCUT2D eigenvalue weighted by atomic mass is 32.1. The Morgan fingerprint density at radius 2 is 1.88 bits per heavy atom. The Morgan fingerprint density at radius 1 is 1.25 bits per heavy atom. The van der Waals surface area contributed by atoms with Crippen LogP contribution < -0.4 is 11.1 Å². The van der Waals surface area contributed by atoms with E-state index in [2.05, 4.69) is 5.32 Å². The number of ether oxygens (including phenoxy) is 2. The van der Waals surface area contributed by atoms with E-state index >= 15 is 0 Å². The summed E-state index contributed by atoms with van der Waals surface area (Å²) in [6, 6.07) is 8.75. The molecule has 0 aliphatic carbocycles. The van der Waals surface area contributed by atoms with Crippen LogP contribution in [-0.2, 0) is 20.9 Å². The van der Waals surface area contributed by atoms with Crippen molar-refractivity contribution in [3.8, 4) is 0 Å². The molecule has 1 rings (SSSR count). The predicted molar refractivity (Wildman–Crippen MR) is 95.4 cm³/mol. The quantitative estimate of drug-likeness (QED) is 0.579. The van der Waals surface area contributed by atoms with Crippen molar-refractivity contribution >= 4 is 29.3 Å². The van der Waals surface area contributed by atoms with E-state index in [4.69, 9.17) is 27.4 Å². The molecule has 0 unspecified atom stereocenters. The number of alkyl carbamates (subject to hydrolysis) is 1. The summed E-state index contributed by atoms with van der Waals surface area (Å²) in [6.07, 6.45) is -0.287. The molecule has 1 atom stereocenters. The second-order valence-corrected chi connectivity index (χ2v) is 6.76. The summed E-state index contributed by atoms with van der Waals surface area (Å²) in [5, 5.41) is 2.57. The monoisotopic (exact) mass is 352 g/mol. The van der Waals surface area contributed by atoms with Crippen molar-refractivity contribution in [2.75, 3.05) is 0 Å². The predicted octanol–water partition coefficient (Wildman–Crippen LogP) is 2.69. The highest BCUT2D eigenvalue weighted by molar-refractivity contribution is 7.80. The van der Waals surface area contributed by atoms with E-state index in [-0.39, 0.29) is 30.4 Å². The van der Waals surface area contributed by atoms with Gasteiger partial charge in [0.1, 0.15) is 12.2 Å². The molecule has 0 heterocycles. The van der Waals surface area contributed by atoms with E-state index in [9.17, 15) is 9.59 Å². The highest BCUT2D eigenvalue weighted by Crippen LogP contribution is 2.09. The van der Waals surface area contributed by atoms with Gasteiger partial charge in [0.25, 0.3) is 0 Å². The summed E-state index contributed by atoms with van der Waals surface area (Å²) in [5.41, 5.74) is 5.89. The summed E-state index contributed by atoms with van der Waals surface area (Å²) in [7, 11) is 0. The smallest absolute Gasteiger partial charge is 0.408 e. The van der Waals surface area contributed by atoms with Gasteiger partial charge in [-0.25, -0.2) is 4.79 Å². The van der Waals surface area contributed by atoms with Gasteiger partial charge in [0, 0.05) is 6.42 Å².